The van der Waals surface area contributed by atoms with Gasteiger partial charge < -0.3 is 0 Å². The van der Waals surface area contributed by atoms with Crippen LogP contribution in [0.25, 0.3) is 32.3 Å². The molecule has 0 fully saturated rings. The lowest BCUT2D eigenvalue weighted by atomic mass is 9.95. The molecule has 5 aromatic rings. The summed E-state index contributed by atoms with van der Waals surface area (Å²) >= 11 is 0. The Kier molecular flexibility index (Phi) is 5.77. The average Bonchev–Trinajstić information content (AvgIpc) is 2.81. The van der Waals surface area contributed by atoms with Crippen LogP contribution in [0.15, 0.2) is 77.7 Å². The van der Waals surface area contributed by atoms with E-state index in [1.807, 2.05) is 0 Å². The maximum Gasteiger partial charge on any atom is 0.300 e. The van der Waals surface area contributed by atoms with Crippen molar-refractivity contribution < 1.29 is 34.9 Å². The Hall–Kier alpha value is -3.56. The summed E-state index contributed by atoms with van der Waals surface area (Å²) in [6, 6.07) is 26.0. The first-order chi connectivity index (χ1) is 15.6. The van der Waals surface area contributed by atoms with E-state index in [0.29, 0.717) is 0 Å². The van der Waals surface area contributed by atoms with Crippen molar-refractivity contribution in [1.82, 2.24) is 0 Å². The maximum absolute atomic E-state index is 12.6. The summed E-state index contributed by atoms with van der Waals surface area (Å²) in [6.45, 7) is 0. The third-order valence-electron chi connectivity index (χ3n) is 5.08. The van der Waals surface area contributed by atoms with E-state index in [0.717, 1.165) is 0 Å². The third kappa shape index (κ3) is 3.90. The highest BCUT2D eigenvalue weighted by Crippen LogP contribution is 2.34. The van der Waals surface area contributed by atoms with E-state index in [-0.39, 0.29) is 0 Å². The predicted molar refractivity (Wildman–Crippen MR) is 115 cm³/mol. The molecule has 33 heavy (non-hydrogen) atoms. The van der Waals surface area contributed by atoms with Crippen LogP contribution < -0.4 is 0 Å². The van der Waals surface area contributed by atoms with Crippen molar-refractivity contribution in [3.05, 3.63) is 102 Å². The van der Waals surface area contributed by atoms with Gasteiger partial charge in [0.25, 0.3) is 0 Å². The fourth-order valence-corrected chi connectivity index (χ4v) is 4.30. The SMILES string of the molecule is O=S(=O)(O)c1c(F)c(F)c(F)c(F)c1F.c1ccc2c(c1)c1ccccc1c1ccccc21. The van der Waals surface area contributed by atoms with E-state index in [2.05, 4.69) is 72.8 Å². The molecule has 168 valence electrons. The number of hydrogen-bond donors (Lipinski definition) is 1. The van der Waals surface area contributed by atoms with Crippen LogP contribution in [0.1, 0.15) is 0 Å². The van der Waals surface area contributed by atoms with Crippen molar-refractivity contribution in [2.24, 2.45) is 0 Å². The van der Waals surface area contributed by atoms with Gasteiger partial charge in [-0.2, -0.15) is 8.42 Å². The number of fused-ring (bicyclic) bond motifs is 6. The molecule has 0 saturated carbocycles. The van der Waals surface area contributed by atoms with Gasteiger partial charge in [0.2, 0.25) is 5.82 Å². The van der Waals surface area contributed by atoms with Gasteiger partial charge in [0.15, 0.2) is 28.2 Å². The van der Waals surface area contributed by atoms with Gasteiger partial charge in [-0.05, 0) is 32.3 Å². The number of hydrogen-bond acceptors (Lipinski definition) is 2. The van der Waals surface area contributed by atoms with Crippen molar-refractivity contribution in [3.63, 3.8) is 0 Å². The molecule has 0 amide bonds. The van der Waals surface area contributed by atoms with Gasteiger partial charge in [-0.1, -0.05) is 72.8 Å². The van der Waals surface area contributed by atoms with Crippen LogP contribution in [0.2, 0.25) is 0 Å². The zero-order valence-corrected chi connectivity index (χ0v) is 17.3. The van der Waals surface area contributed by atoms with Crippen molar-refractivity contribution in [1.29, 1.82) is 0 Å². The Morgan fingerprint density at radius 3 is 0.879 bits per heavy atom. The first-order valence-electron chi connectivity index (χ1n) is 9.40. The van der Waals surface area contributed by atoms with Crippen LogP contribution in [-0.2, 0) is 10.1 Å². The maximum atomic E-state index is 12.6. The summed E-state index contributed by atoms with van der Waals surface area (Å²) in [5, 5.41) is 8.04. The van der Waals surface area contributed by atoms with Crippen LogP contribution in [0.3, 0.4) is 0 Å². The largest absolute Gasteiger partial charge is 0.300 e. The lowest BCUT2D eigenvalue weighted by Gasteiger charge is -2.09. The molecule has 3 nitrogen and oxygen atoms in total. The summed E-state index contributed by atoms with van der Waals surface area (Å²) in [6.07, 6.45) is 0. The van der Waals surface area contributed by atoms with Crippen LogP contribution in [0.4, 0.5) is 22.0 Å². The monoisotopic (exact) mass is 476 g/mol. The molecule has 0 saturated heterocycles. The molecule has 5 rings (SSSR count). The van der Waals surface area contributed by atoms with E-state index in [1.165, 1.54) is 32.3 Å². The zero-order valence-electron chi connectivity index (χ0n) is 16.5. The van der Waals surface area contributed by atoms with E-state index in [4.69, 9.17) is 4.55 Å². The summed E-state index contributed by atoms with van der Waals surface area (Å²) in [5.74, 6) is -12.6. The lowest BCUT2D eigenvalue weighted by Crippen LogP contribution is -2.11. The van der Waals surface area contributed by atoms with E-state index in [1.54, 1.807) is 0 Å². The first-order valence-corrected chi connectivity index (χ1v) is 10.8. The molecule has 0 radical (unpaired) electrons. The van der Waals surface area contributed by atoms with Crippen molar-refractivity contribution in [3.8, 4) is 0 Å². The van der Waals surface area contributed by atoms with Crippen molar-refractivity contribution in [2.45, 2.75) is 4.90 Å². The minimum absolute atomic E-state index is 1.34. The van der Waals surface area contributed by atoms with Crippen LogP contribution in [0.5, 0.6) is 0 Å². The number of rotatable bonds is 1. The van der Waals surface area contributed by atoms with Gasteiger partial charge >= 0.3 is 10.1 Å². The minimum Gasteiger partial charge on any atom is -0.282 e. The summed E-state index contributed by atoms with van der Waals surface area (Å²) in [4.78, 5) is -2.26. The van der Waals surface area contributed by atoms with Crippen LogP contribution >= 0.6 is 0 Å². The Balaban J connectivity index is 0.000000161. The molecule has 0 aliphatic heterocycles. The highest BCUT2D eigenvalue weighted by molar-refractivity contribution is 7.85. The summed E-state index contributed by atoms with van der Waals surface area (Å²) in [7, 11) is -5.52. The summed E-state index contributed by atoms with van der Waals surface area (Å²) in [5.41, 5.74) is 0. The molecule has 0 spiro atoms. The Bertz CT molecular complexity index is 1400. The Morgan fingerprint density at radius 1 is 0.455 bits per heavy atom. The molecular formula is C24H13F5O3S. The first kappa shape index (κ1) is 22.6. The molecule has 0 heterocycles. The highest BCUT2D eigenvalue weighted by Gasteiger charge is 2.32. The Labute approximate surface area is 184 Å². The second kappa shape index (κ2) is 8.42. The van der Waals surface area contributed by atoms with E-state index < -0.39 is 44.1 Å². The standard InChI is InChI=1S/C18H12.C6HF5O3S/c1-2-8-14-13(7-1)15-9-3-4-11-17(15)18-12-6-5-10-16(14)18;7-1-2(8)4(10)6(15(12,13)14)5(11)3(1)9/h1-12H;(H,12,13,14). The second-order valence-corrected chi connectivity index (χ2v) is 8.37. The van der Waals surface area contributed by atoms with Gasteiger partial charge in [0, 0.05) is 0 Å². The fraction of sp³-hybridized carbons (Fsp3) is 0. The minimum atomic E-state index is -5.52. The average molecular weight is 476 g/mol. The van der Waals surface area contributed by atoms with Crippen LogP contribution in [-0.4, -0.2) is 13.0 Å². The molecule has 0 atom stereocenters. The van der Waals surface area contributed by atoms with Crippen LogP contribution in [0, 0.1) is 29.1 Å². The van der Waals surface area contributed by atoms with Gasteiger partial charge in [-0.25, -0.2) is 22.0 Å². The molecule has 1 N–H and O–H groups in total. The summed E-state index contributed by atoms with van der Waals surface area (Å²) < 4.78 is 91.3. The lowest BCUT2D eigenvalue weighted by molar-refractivity contribution is 0.352. The van der Waals surface area contributed by atoms with Gasteiger partial charge in [-0.15, -0.1) is 0 Å². The quantitative estimate of drug-likeness (QED) is 0.0955. The molecule has 0 unspecified atom stereocenters. The van der Waals surface area contributed by atoms with E-state index in [9.17, 15) is 30.4 Å². The third-order valence-corrected chi connectivity index (χ3v) is 5.95. The van der Waals surface area contributed by atoms with E-state index >= 15 is 0 Å². The smallest absolute Gasteiger partial charge is 0.282 e. The number of halogens is 5. The zero-order chi connectivity index (χ0) is 23.9. The topological polar surface area (TPSA) is 54.4 Å². The molecule has 0 bridgehead atoms. The molecule has 0 aromatic heterocycles. The van der Waals surface area contributed by atoms with Gasteiger partial charge in [-0.3, -0.25) is 4.55 Å². The van der Waals surface area contributed by atoms with Gasteiger partial charge in [0.05, 0.1) is 0 Å². The molecular weight excluding hydrogens is 463 g/mol. The molecule has 9 heteroatoms. The normalized spacial score (nSPS) is 11.6. The predicted octanol–water partition coefficient (Wildman–Crippen LogP) is 6.78. The van der Waals surface area contributed by atoms with Crippen molar-refractivity contribution >= 4 is 42.4 Å². The second-order valence-electron chi connectivity index (χ2n) is 7.01. The molecule has 0 aliphatic carbocycles. The van der Waals surface area contributed by atoms with Crippen molar-refractivity contribution in [2.75, 3.05) is 0 Å². The fourth-order valence-electron chi connectivity index (χ4n) is 3.67. The highest BCUT2D eigenvalue weighted by atomic mass is 32.2. The Morgan fingerprint density at radius 2 is 0.667 bits per heavy atom. The molecule has 5 aromatic carbocycles. The van der Waals surface area contributed by atoms with Gasteiger partial charge in [0.1, 0.15) is 0 Å². The number of benzene rings is 5. The molecule has 0 aliphatic rings.